The lowest BCUT2D eigenvalue weighted by atomic mass is 9.55. The average molecular weight is 375 g/mol. The van der Waals surface area contributed by atoms with Gasteiger partial charge in [0, 0.05) is 10.8 Å². The minimum Gasteiger partial charge on any atom is -0.103 e. The Morgan fingerprint density at radius 2 is 0.964 bits per heavy atom. The van der Waals surface area contributed by atoms with Crippen LogP contribution in [0, 0.1) is 0 Å². The molecular formula is C28H38. The summed E-state index contributed by atoms with van der Waals surface area (Å²) in [7, 11) is 0. The first-order chi connectivity index (χ1) is 13.6. The Bertz CT molecular complexity index is 636. The lowest BCUT2D eigenvalue weighted by Crippen LogP contribution is -2.45. The van der Waals surface area contributed by atoms with Gasteiger partial charge in [0.1, 0.15) is 0 Å². The van der Waals surface area contributed by atoms with Crippen LogP contribution in [0.3, 0.4) is 0 Å². The van der Waals surface area contributed by atoms with Gasteiger partial charge in [-0.2, -0.15) is 0 Å². The molecule has 0 radical (unpaired) electrons. The first kappa shape index (κ1) is 22.2. The highest BCUT2D eigenvalue weighted by Crippen LogP contribution is 2.50. The van der Waals surface area contributed by atoms with Crippen LogP contribution in [0.15, 0.2) is 86.0 Å². The summed E-state index contributed by atoms with van der Waals surface area (Å²) in [6, 6.07) is 22.4. The fourth-order valence-electron chi connectivity index (χ4n) is 4.62. The van der Waals surface area contributed by atoms with Crippen molar-refractivity contribution >= 4 is 0 Å². The Hall–Kier alpha value is -2.08. The third kappa shape index (κ3) is 5.25. The van der Waals surface area contributed by atoms with Crippen LogP contribution in [0.2, 0.25) is 0 Å². The summed E-state index contributed by atoms with van der Waals surface area (Å²) >= 11 is 0. The molecule has 2 atom stereocenters. The molecule has 0 aromatic heterocycles. The first-order valence-corrected chi connectivity index (χ1v) is 10.9. The maximum absolute atomic E-state index is 3.90. The van der Waals surface area contributed by atoms with Crippen LogP contribution in [-0.2, 0) is 10.8 Å². The Morgan fingerprint density at radius 3 is 1.29 bits per heavy atom. The third-order valence-corrected chi connectivity index (χ3v) is 6.71. The molecule has 2 aromatic rings. The fourth-order valence-corrected chi connectivity index (χ4v) is 4.62. The number of benzene rings is 2. The topological polar surface area (TPSA) is 0 Å². The summed E-state index contributed by atoms with van der Waals surface area (Å²) in [6.07, 6.45) is 13.6. The predicted molar refractivity (Wildman–Crippen MR) is 125 cm³/mol. The van der Waals surface area contributed by atoms with Gasteiger partial charge in [-0.05, 0) is 49.7 Å². The number of rotatable bonds is 13. The van der Waals surface area contributed by atoms with E-state index in [1.807, 2.05) is 12.2 Å². The Morgan fingerprint density at radius 1 is 0.607 bits per heavy atom. The second kappa shape index (κ2) is 11.1. The van der Waals surface area contributed by atoms with Crippen molar-refractivity contribution in [1.29, 1.82) is 0 Å². The van der Waals surface area contributed by atoms with Crippen molar-refractivity contribution in [2.24, 2.45) is 0 Å². The number of hydrogen-bond acceptors (Lipinski definition) is 0. The highest BCUT2D eigenvalue weighted by atomic mass is 14.5. The van der Waals surface area contributed by atoms with Crippen molar-refractivity contribution in [3.8, 4) is 0 Å². The molecular weight excluding hydrogens is 336 g/mol. The van der Waals surface area contributed by atoms with E-state index in [0.29, 0.717) is 0 Å². The molecule has 150 valence electrons. The van der Waals surface area contributed by atoms with E-state index in [1.54, 1.807) is 0 Å². The highest BCUT2D eigenvalue weighted by molar-refractivity contribution is 5.37. The monoisotopic (exact) mass is 374 g/mol. The molecule has 0 spiro atoms. The molecule has 0 saturated heterocycles. The Balaban J connectivity index is 2.44. The van der Waals surface area contributed by atoms with E-state index in [9.17, 15) is 0 Å². The van der Waals surface area contributed by atoms with Gasteiger partial charge in [0.05, 0.1) is 0 Å². The number of allylic oxidation sites excluding steroid dienone is 2. The standard InChI is InChI=1S/C28H38/c1-5-7-9-17-23-27(3,25-19-13-11-14-20-25)28(4,24-18-10-8-6-2)26-21-15-12-16-22-26/h5-6,11-16,19-22H,1-2,7-10,17-18,23-24H2,3-4H3/t27-,28-/m1/s1. The molecule has 0 fully saturated rings. The van der Waals surface area contributed by atoms with Crippen molar-refractivity contribution in [2.45, 2.75) is 76.0 Å². The average Bonchev–Trinajstić information content (AvgIpc) is 2.75. The fraction of sp³-hybridized carbons (Fsp3) is 0.429. The molecule has 2 rings (SSSR count). The van der Waals surface area contributed by atoms with E-state index in [-0.39, 0.29) is 10.8 Å². The van der Waals surface area contributed by atoms with E-state index >= 15 is 0 Å². The molecule has 0 heterocycles. The molecule has 28 heavy (non-hydrogen) atoms. The first-order valence-electron chi connectivity index (χ1n) is 10.9. The summed E-state index contributed by atoms with van der Waals surface area (Å²) in [5, 5.41) is 0. The second-order valence-corrected chi connectivity index (χ2v) is 8.47. The molecule has 0 aliphatic carbocycles. The van der Waals surface area contributed by atoms with Gasteiger partial charge in [0.25, 0.3) is 0 Å². The second-order valence-electron chi connectivity index (χ2n) is 8.47. The quantitative estimate of drug-likeness (QED) is 0.244. The molecule has 0 saturated carbocycles. The number of hydrogen-bond donors (Lipinski definition) is 0. The van der Waals surface area contributed by atoms with Gasteiger partial charge in [-0.1, -0.05) is 99.5 Å². The van der Waals surface area contributed by atoms with E-state index in [0.717, 1.165) is 12.8 Å². The lowest BCUT2D eigenvalue weighted by Gasteiger charge is -2.48. The summed E-state index contributed by atoms with van der Waals surface area (Å²) in [6.45, 7) is 12.8. The van der Waals surface area contributed by atoms with Crippen molar-refractivity contribution in [3.05, 3.63) is 97.1 Å². The molecule has 0 aliphatic heterocycles. The number of unbranched alkanes of at least 4 members (excludes halogenated alkanes) is 4. The van der Waals surface area contributed by atoms with Gasteiger partial charge in [0.15, 0.2) is 0 Å². The van der Waals surface area contributed by atoms with Crippen molar-refractivity contribution in [3.63, 3.8) is 0 Å². The minimum atomic E-state index is 0.0883. The maximum Gasteiger partial charge on any atom is 0.00189 e. The zero-order valence-corrected chi connectivity index (χ0v) is 18.0. The molecule has 0 heteroatoms. The molecule has 0 nitrogen and oxygen atoms in total. The van der Waals surface area contributed by atoms with Crippen molar-refractivity contribution in [1.82, 2.24) is 0 Å². The summed E-state index contributed by atoms with van der Waals surface area (Å²) in [5.41, 5.74) is 3.10. The van der Waals surface area contributed by atoms with Crippen molar-refractivity contribution in [2.75, 3.05) is 0 Å². The van der Waals surface area contributed by atoms with E-state index in [1.165, 1.54) is 49.7 Å². The molecule has 0 N–H and O–H groups in total. The summed E-state index contributed by atoms with van der Waals surface area (Å²) in [5.74, 6) is 0. The van der Waals surface area contributed by atoms with Gasteiger partial charge in [-0.25, -0.2) is 0 Å². The third-order valence-electron chi connectivity index (χ3n) is 6.71. The summed E-state index contributed by atoms with van der Waals surface area (Å²) in [4.78, 5) is 0. The van der Waals surface area contributed by atoms with Crippen LogP contribution in [0.25, 0.3) is 0 Å². The van der Waals surface area contributed by atoms with E-state index in [4.69, 9.17) is 0 Å². The maximum atomic E-state index is 3.90. The normalized spacial score (nSPS) is 15.4. The summed E-state index contributed by atoms with van der Waals surface area (Å²) < 4.78 is 0. The smallest absolute Gasteiger partial charge is 0.00189 e. The predicted octanol–water partition coefficient (Wildman–Crippen LogP) is 8.40. The van der Waals surface area contributed by atoms with Crippen LogP contribution >= 0.6 is 0 Å². The van der Waals surface area contributed by atoms with Crippen LogP contribution in [-0.4, -0.2) is 0 Å². The Labute approximate surface area is 173 Å². The highest BCUT2D eigenvalue weighted by Gasteiger charge is 2.45. The molecule has 0 bridgehead atoms. The van der Waals surface area contributed by atoms with Crippen LogP contribution in [0.1, 0.15) is 76.3 Å². The van der Waals surface area contributed by atoms with Gasteiger partial charge >= 0.3 is 0 Å². The van der Waals surface area contributed by atoms with Crippen LogP contribution in [0.5, 0.6) is 0 Å². The van der Waals surface area contributed by atoms with Gasteiger partial charge in [-0.15, -0.1) is 13.2 Å². The molecule has 0 unspecified atom stereocenters. The minimum absolute atomic E-state index is 0.0883. The lowest BCUT2D eigenvalue weighted by molar-refractivity contribution is 0.209. The zero-order chi connectivity index (χ0) is 20.3. The van der Waals surface area contributed by atoms with Crippen molar-refractivity contribution < 1.29 is 0 Å². The van der Waals surface area contributed by atoms with Gasteiger partial charge in [0.2, 0.25) is 0 Å². The van der Waals surface area contributed by atoms with Crippen LogP contribution < -0.4 is 0 Å². The van der Waals surface area contributed by atoms with Crippen LogP contribution in [0.4, 0.5) is 0 Å². The zero-order valence-electron chi connectivity index (χ0n) is 18.0. The SMILES string of the molecule is C=CCCCC[C@](C)(c1ccccc1)[C@](C)(CCCCC=C)c1ccccc1. The van der Waals surface area contributed by atoms with E-state index < -0.39 is 0 Å². The Kier molecular flexibility index (Phi) is 8.77. The molecule has 2 aromatic carbocycles. The van der Waals surface area contributed by atoms with E-state index in [2.05, 4.69) is 87.7 Å². The largest absolute Gasteiger partial charge is 0.103 e. The van der Waals surface area contributed by atoms with Gasteiger partial charge in [-0.3, -0.25) is 0 Å². The van der Waals surface area contributed by atoms with Gasteiger partial charge < -0.3 is 0 Å². The molecule has 0 amide bonds. The molecule has 0 aliphatic rings.